The summed E-state index contributed by atoms with van der Waals surface area (Å²) in [5, 5.41) is 1.04. The van der Waals surface area contributed by atoms with E-state index in [4.69, 9.17) is 41.4 Å². The number of halogens is 3. The molecule has 0 aromatic heterocycles. The largest absolute Gasteiger partial charge is 0.237 e. The Bertz CT molecular complexity index is 327. The Hall–Kier alpha value is -0.420. The fourth-order valence-corrected chi connectivity index (χ4v) is 1.18. The van der Waals surface area contributed by atoms with Crippen LogP contribution in [0.1, 0.15) is 0 Å². The molecule has 0 aliphatic heterocycles. The number of benzene rings is 1. The van der Waals surface area contributed by atoms with Gasteiger partial charge in [0.25, 0.3) is 0 Å². The third-order valence-electron chi connectivity index (χ3n) is 1.11. The fourth-order valence-electron chi connectivity index (χ4n) is 0.598. The fraction of sp³-hybridized carbons (Fsp3) is 0. The van der Waals surface area contributed by atoms with Gasteiger partial charge in [0.2, 0.25) is 5.69 Å². The van der Waals surface area contributed by atoms with Gasteiger partial charge in [-0.15, -0.1) is 0 Å². The van der Waals surface area contributed by atoms with Crippen LogP contribution < -0.4 is 0 Å². The highest BCUT2D eigenvalue weighted by molar-refractivity contribution is 6.44. The number of hydrogen-bond acceptors (Lipinski definition) is 0. The minimum absolute atomic E-state index is 0.320. The first kappa shape index (κ1) is 8.67. The van der Waals surface area contributed by atoms with Gasteiger partial charge in [-0.25, -0.2) is 4.85 Å². The third-order valence-corrected chi connectivity index (χ3v) is 2.14. The predicted octanol–water partition coefficient (Wildman–Crippen LogP) is 4.20. The highest BCUT2D eigenvalue weighted by Crippen LogP contribution is 2.33. The molecule has 1 aromatic rings. The summed E-state index contributed by atoms with van der Waals surface area (Å²) in [7, 11) is 0. The number of hydrogen-bond donors (Lipinski definition) is 0. The van der Waals surface area contributed by atoms with E-state index in [0.717, 1.165) is 0 Å². The first-order valence-corrected chi connectivity index (χ1v) is 3.80. The molecule has 0 saturated carbocycles. The van der Waals surface area contributed by atoms with Crippen LogP contribution >= 0.6 is 34.8 Å². The van der Waals surface area contributed by atoms with Crippen LogP contribution in [0.5, 0.6) is 0 Å². The zero-order chi connectivity index (χ0) is 8.43. The molecule has 11 heavy (non-hydrogen) atoms. The molecule has 56 valence electrons. The lowest BCUT2D eigenvalue weighted by atomic mass is 10.3. The SMILES string of the molecule is [C-]#[N+]c1cc(Cl)c(Cl)cc1Cl. The average Bonchev–Trinajstić information content (AvgIpc) is 1.97. The molecule has 0 saturated heterocycles. The molecule has 0 aliphatic rings. The van der Waals surface area contributed by atoms with Gasteiger partial charge in [0.1, 0.15) is 0 Å². The Labute approximate surface area is 79.3 Å². The van der Waals surface area contributed by atoms with E-state index in [1.807, 2.05) is 0 Å². The van der Waals surface area contributed by atoms with Crippen LogP contribution in [0.15, 0.2) is 12.1 Å². The first-order valence-electron chi connectivity index (χ1n) is 2.67. The molecule has 0 N–H and O–H groups in total. The molecule has 1 nitrogen and oxygen atoms in total. The third kappa shape index (κ3) is 1.78. The molecule has 0 spiro atoms. The van der Waals surface area contributed by atoms with Crippen LogP contribution in [0.25, 0.3) is 4.85 Å². The summed E-state index contributed by atoms with van der Waals surface area (Å²) in [6, 6.07) is 2.90. The molecule has 1 aromatic carbocycles. The van der Waals surface area contributed by atoms with Crippen LogP contribution in [-0.4, -0.2) is 0 Å². The molecule has 0 atom stereocenters. The van der Waals surface area contributed by atoms with Gasteiger partial charge in [0.15, 0.2) is 0 Å². The predicted molar refractivity (Wildman–Crippen MR) is 47.7 cm³/mol. The summed E-state index contributed by atoms with van der Waals surface area (Å²) >= 11 is 16.9. The van der Waals surface area contributed by atoms with Crippen molar-refractivity contribution in [3.8, 4) is 0 Å². The van der Waals surface area contributed by atoms with Crippen molar-refractivity contribution >= 4 is 40.5 Å². The summed E-state index contributed by atoms with van der Waals surface area (Å²) in [5.41, 5.74) is 0.320. The zero-order valence-electron chi connectivity index (χ0n) is 5.24. The summed E-state index contributed by atoms with van der Waals surface area (Å²) in [5.74, 6) is 0. The summed E-state index contributed by atoms with van der Waals surface area (Å²) < 4.78 is 0. The van der Waals surface area contributed by atoms with Crippen molar-refractivity contribution in [1.29, 1.82) is 0 Å². The Morgan fingerprint density at radius 1 is 1.00 bits per heavy atom. The minimum Gasteiger partial charge on any atom is -0.237 e. The van der Waals surface area contributed by atoms with E-state index >= 15 is 0 Å². The van der Waals surface area contributed by atoms with Gasteiger partial charge in [-0.05, 0) is 12.1 Å². The van der Waals surface area contributed by atoms with Crippen LogP contribution in [-0.2, 0) is 0 Å². The molecule has 4 heteroatoms. The van der Waals surface area contributed by atoms with Gasteiger partial charge in [-0.1, -0.05) is 34.8 Å². The van der Waals surface area contributed by atoms with Crippen molar-refractivity contribution in [1.82, 2.24) is 0 Å². The summed E-state index contributed by atoms with van der Waals surface area (Å²) in [6.45, 7) is 6.69. The van der Waals surface area contributed by atoms with Gasteiger partial charge in [0.05, 0.1) is 11.6 Å². The smallest absolute Gasteiger partial charge is 0.206 e. The average molecular weight is 206 g/mol. The summed E-state index contributed by atoms with van der Waals surface area (Å²) in [6.07, 6.45) is 0. The Morgan fingerprint density at radius 3 is 2.09 bits per heavy atom. The van der Waals surface area contributed by atoms with E-state index < -0.39 is 0 Å². The van der Waals surface area contributed by atoms with E-state index in [1.54, 1.807) is 0 Å². The van der Waals surface area contributed by atoms with E-state index in [0.29, 0.717) is 20.8 Å². The van der Waals surface area contributed by atoms with Gasteiger partial charge in [-0.2, -0.15) is 0 Å². The van der Waals surface area contributed by atoms with Crippen molar-refractivity contribution < 1.29 is 0 Å². The van der Waals surface area contributed by atoms with Crippen molar-refractivity contribution in [2.24, 2.45) is 0 Å². The normalized spacial score (nSPS) is 9.27. The van der Waals surface area contributed by atoms with E-state index in [1.165, 1.54) is 12.1 Å². The molecule has 1 rings (SSSR count). The first-order chi connectivity index (χ1) is 5.15. The molecule has 0 amide bonds. The van der Waals surface area contributed by atoms with Crippen molar-refractivity contribution in [3.05, 3.63) is 38.6 Å². The molecule has 0 fully saturated rings. The van der Waals surface area contributed by atoms with Gasteiger partial charge < -0.3 is 0 Å². The zero-order valence-corrected chi connectivity index (χ0v) is 7.50. The minimum atomic E-state index is 0.320. The maximum absolute atomic E-state index is 6.69. The van der Waals surface area contributed by atoms with Crippen molar-refractivity contribution in [2.75, 3.05) is 0 Å². The lowest BCUT2D eigenvalue weighted by Crippen LogP contribution is -1.69. The van der Waals surface area contributed by atoms with Crippen LogP contribution in [0, 0.1) is 6.57 Å². The molecule has 0 heterocycles. The van der Waals surface area contributed by atoms with E-state index in [9.17, 15) is 0 Å². The maximum atomic E-state index is 6.69. The van der Waals surface area contributed by atoms with Gasteiger partial charge in [-0.3, -0.25) is 0 Å². The highest BCUT2D eigenvalue weighted by atomic mass is 35.5. The lowest BCUT2D eigenvalue weighted by Gasteiger charge is -1.97. The molecule has 0 bridgehead atoms. The van der Waals surface area contributed by atoms with Crippen LogP contribution in [0.3, 0.4) is 0 Å². The van der Waals surface area contributed by atoms with Gasteiger partial charge >= 0.3 is 0 Å². The number of rotatable bonds is 0. The monoisotopic (exact) mass is 205 g/mol. The van der Waals surface area contributed by atoms with Gasteiger partial charge in [0, 0.05) is 10.0 Å². The Kier molecular flexibility index (Phi) is 2.62. The molecule has 0 unspecified atom stereocenters. The van der Waals surface area contributed by atoms with E-state index in [2.05, 4.69) is 4.85 Å². The highest BCUT2D eigenvalue weighted by Gasteiger charge is 2.04. The second-order valence-corrected chi connectivity index (χ2v) is 3.05. The molecular formula is C7H2Cl3N. The second-order valence-electron chi connectivity index (χ2n) is 1.83. The molecule has 0 aliphatic carbocycles. The Balaban J connectivity index is 3.35. The van der Waals surface area contributed by atoms with Crippen molar-refractivity contribution in [3.63, 3.8) is 0 Å². The lowest BCUT2D eigenvalue weighted by molar-refractivity contribution is 1.71. The maximum Gasteiger partial charge on any atom is 0.206 e. The molecule has 0 radical (unpaired) electrons. The van der Waals surface area contributed by atoms with E-state index in [-0.39, 0.29) is 0 Å². The second kappa shape index (κ2) is 3.32. The standard InChI is InChI=1S/C7H2Cl3N/c1-11-7-3-5(9)4(8)2-6(7)10/h2-3H. The summed E-state index contributed by atoms with van der Waals surface area (Å²) in [4.78, 5) is 3.15. The Morgan fingerprint density at radius 2 is 1.55 bits per heavy atom. The van der Waals surface area contributed by atoms with Crippen LogP contribution in [0.4, 0.5) is 5.69 Å². The topological polar surface area (TPSA) is 4.36 Å². The quantitative estimate of drug-likeness (QED) is 0.443. The number of nitrogens with zero attached hydrogens (tertiary/aromatic N) is 1. The van der Waals surface area contributed by atoms with Crippen LogP contribution in [0.2, 0.25) is 15.1 Å². The molecular weight excluding hydrogens is 204 g/mol. The van der Waals surface area contributed by atoms with Crippen molar-refractivity contribution in [2.45, 2.75) is 0 Å².